The molecule has 0 amide bonds. The van der Waals surface area contributed by atoms with Crippen LogP contribution in [0.5, 0.6) is 0 Å². The minimum atomic E-state index is -1.61. The molecule has 0 heterocycles. The average Bonchev–Trinajstić information content (AvgIpc) is 3.98. The van der Waals surface area contributed by atoms with E-state index < -0.39 is 41.8 Å². The molecule has 278 valence electrons. The van der Waals surface area contributed by atoms with Gasteiger partial charge >= 0.3 is 323 Å². The first kappa shape index (κ1) is 47.1. The van der Waals surface area contributed by atoms with Gasteiger partial charge in [0.25, 0.3) is 0 Å². The van der Waals surface area contributed by atoms with Gasteiger partial charge in [-0.15, -0.1) is 0 Å². The number of benzene rings is 4. The molecule has 4 aliphatic rings. The topological polar surface area (TPSA) is 0 Å². The summed E-state index contributed by atoms with van der Waals surface area (Å²) in [7, 11) is 0. The number of hydrogen-bond donors (Lipinski definition) is 0. The minimum absolute atomic E-state index is 0. The fourth-order valence-electron chi connectivity index (χ4n) is 8.88. The normalized spacial score (nSPS) is 17.4. The molecule has 0 saturated carbocycles. The third-order valence-electron chi connectivity index (χ3n) is 11.2. The second kappa shape index (κ2) is 22.0. The maximum atomic E-state index is 2.58. The molecule has 2 atom stereocenters. The molecule has 0 fully saturated rings. The van der Waals surface area contributed by atoms with Crippen molar-refractivity contribution in [2.24, 2.45) is 0 Å². The van der Waals surface area contributed by atoms with E-state index >= 15 is 0 Å². The van der Waals surface area contributed by atoms with Gasteiger partial charge in [-0.2, -0.15) is 0 Å². The van der Waals surface area contributed by atoms with Crippen molar-refractivity contribution in [1.29, 1.82) is 0 Å². The van der Waals surface area contributed by atoms with Crippen LogP contribution in [-0.4, -0.2) is 13.3 Å². The quantitative estimate of drug-likeness (QED) is 0.201. The largest absolute Gasteiger partial charge is 1.00 e. The van der Waals surface area contributed by atoms with Crippen LogP contribution in [0.2, 0.25) is 13.1 Å². The zero-order valence-electron chi connectivity index (χ0n) is 32.0. The first-order valence-corrected chi connectivity index (χ1v) is 38.7. The number of fused-ring (bicyclic) bond motifs is 2. The molecule has 2 unspecified atom stereocenters. The summed E-state index contributed by atoms with van der Waals surface area (Å²) in [6.45, 7) is 12.4. The van der Waals surface area contributed by atoms with Gasteiger partial charge in [0, 0.05) is 0 Å². The van der Waals surface area contributed by atoms with Crippen LogP contribution >= 0.6 is 0 Å². The number of allylic oxidation sites excluding steroid dienone is 10. The summed E-state index contributed by atoms with van der Waals surface area (Å²) < 4.78 is 5.35. The molecule has 0 radical (unpaired) electrons. The van der Waals surface area contributed by atoms with Crippen molar-refractivity contribution in [2.75, 3.05) is 0 Å². The molecule has 4 aliphatic carbocycles. The molecule has 0 aliphatic heterocycles. The third-order valence-corrected chi connectivity index (χ3v) is 47.3. The Balaban J connectivity index is 0.000000271. The van der Waals surface area contributed by atoms with Gasteiger partial charge in [0.15, 0.2) is 0 Å². The molecule has 0 saturated heterocycles. The maximum Gasteiger partial charge on any atom is -1.00 e. The van der Waals surface area contributed by atoms with Crippen molar-refractivity contribution in [3.05, 3.63) is 173 Å². The molecule has 4 aromatic carbocycles. The molecule has 0 N–H and O–H groups in total. The fraction of sp³-hybridized carbons (Fsp3) is 0.217. The van der Waals surface area contributed by atoms with Crippen molar-refractivity contribution in [3.8, 4) is 22.3 Å². The predicted molar refractivity (Wildman–Crippen MR) is 218 cm³/mol. The van der Waals surface area contributed by atoms with Gasteiger partial charge in [-0.05, 0) is 0 Å². The van der Waals surface area contributed by atoms with Gasteiger partial charge in [0.2, 0.25) is 0 Å². The monoisotopic (exact) mass is 978 g/mol. The average molecular weight is 983 g/mol. The number of rotatable bonds is 9. The van der Waals surface area contributed by atoms with E-state index in [1.165, 1.54) is 52.6 Å². The van der Waals surface area contributed by atoms with Crippen LogP contribution in [0.15, 0.2) is 151 Å². The number of halogens is 4. The predicted octanol–water partition coefficient (Wildman–Crippen LogP) is -0.393. The van der Waals surface area contributed by atoms with Crippen LogP contribution in [-0.2, 0) is 41.8 Å². The zero-order chi connectivity index (χ0) is 34.6. The summed E-state index contributed by atoms with van der Waals surface area (Å²) in [4.78, 5) is 0. The standard InChI is InChI=1S/2C16H13.C7H9.C5H5.2CH5Si.4ClH.2Zr/c2*1-12-10-14-8-5-9-15(16(14)11-12)13-6-3-2-4-7-13;1-2-7-5-3-4-6-7;1-2-4-5-3-1;2*1-2;;;;;;/h2*2-11H,1H3;3,5H,2,4H2,1H3;1-3H,4H2;2*2H2,1H3;4*1H;;/q;;;;;;;;;;2*+2/p-4. The first-order valence-electron chi connectivity index (χ1n) is 18.7. The van der Waals surface area contributed by atoms with E-state index in [0.29, 0.717) is 0 Å². The Morgan fingerprint density at radius 3 is 1.54 bits per heavy atom. The SMILES string of the molecule is CCC1=[C]([Zr+2]([SiH2]C)[CH]2C(C)=Cc3c(-c4ccccc4)cccc32)CC=C1.C[SiH2][Zr+2]([C]1=CC=CC1)[CH]1C(C)=Cc2c(-c3ccccc3)cccc21.[Cl-].[Cl-].[Cl-].[Cl-]. The summed E-state index contributed by atoms with van der Waals surface area (Å²) in [5.74, 6) is 0. The molecule has 0 nitrogen and oxygen atoms in total. The van der Waals surface area contributed by atoms with Gasteiger partial charge in [-0.3, -0.25) is 0 Å². The minimum Gasteiger partial charge on any atom is -1.00 e. The van der Waals surface area contributed by atoms with Crippen molar-refractivity contribution >= 4 is 25.4 Å². The van der Waals surface area contributed by atoms with Crippen LogP contribution in [0.1, 0.15) is 69.5 Å². The molecule has 0 bridgehead atoms. The molecule has 54 heavy (non-hydrogen) atoms. The van der Waals surface area contributed by atoms with E-state index in [1.807, 2.05) is 6.56 Å². The van der Waals surface area contributed by atoms with Crippen LogP contribution in [0.25, 0.3) is 34.4 Å². The van der Waals surface area contributed by atoms with E-state index in [-0.39, 0.29) is 62.9 Å². The van der Waals surface area contributed by atoms with Gasteiger partial charge in [-0.25, -0.2) is 0 Å². The Morgan fingerprint density at radius 1 is 0.593 bits per heavy atom. The Labute approximate surface area is 368 Å². The first-order chi connectivity index (χ1) is 24.5. The van der Waals surface area contributed by atoms with Crippen LogP contribution in [0.3, 0.4) is 0 Å². The van der Waals surface area contributed by atoms with Crippen LogP contribution in [0.4, 0.5) is 0 Å². The molecular formula is C46H50Cl4Si2Zr2. The van der Waals surface area contributed by atoms with E-state index in [4.69, 9.17) is 0 Å². The Hall–Kier alpha value is -1.32. The van der Waals surface area contributed by atoms with E-state index in [2.05, 4.69) is 173 Å². The smallest absolute Gasteiger partial charge is 1.00 e. The molecule has 8 rings (SSSR count). The molecule has 8 heteroatoms. The summed E-state index contributed by atoms with van der Waals surface area (Å²) >= 11 is -3.14. The molecule has 0 aromatic heterocycles. The van der Waals surface area contributed by atoms with Crippen molar-refractivity contribution in [2.45, 2.75) is 60.4 Å². The van der Waals surface area contributed by atoms with E-state index in [9.17, 15) is 0 Å². The Kier molecular flexibility index (Phi) is 19.2. The molecule has 0 spiro atoms. The van der Waals surface area contributed by atoms with Gasteiger partial charge in [0.1, 0.15) is 0 Å². The second-order valence-corrected chi connectivity index (χ2v) is 46.0. The summed E-state index contributed by atoms with van der Waals surface area (Å²) in [6.07, 6.45) is 20.7. The third kappa shape index (κ3) is 9.68. The van der Waals surface area contributed by atoms with E-state index in [0.717, 1.165) is 7.25 Å². The van der Waals surface area contributed by atoms with Gasteiger partial charge < -0.3 is 49.6 Å². The number of hydrogen-bond acceptors (Lipinski definition) is 0. The zero-order valence-corrected chi connectivity index (χ0v) is 42.7. The Bertz CT molecular complexity index is 2070. The Morgan fingerprint density at radius 2 is 1.09 bits per heavy atom. The van der Waals surface area contributed by atoms with Crippen LogP contribution < -0.4 is 49.6 Å². The second-order valence-electron chi connectivity index (χ2n) is 14.0. The van der Waals surface area contributed by atoms with E-state index in [1.54, 1.807) is 27.8 Å². The molecular weight excluding hydrogens is 933 g/mol. The van der Waals surface area contributed by atoms with Crippen molar-refractivity contribution in [1.82, 2.24) is 0 Å². The summed E-state index contributed by atoms with van der Waals surface area (Å²) in [6, 6.07) is 35.8. The van der Waals surface area contributed by atoms with Crippen molar-refractivity contribution in [3.63, 3.8) is 0 Å². The summed E-state index contributed by atoms with van der Waals surface area (Å²) in [5, 5.41) is 0. The van der Waals surface area contributed by atoms with Gasteiger partial charge in [-0.1, -0.05) is 0 Å². The summed E-state index contributed by atoms with van der Waals surface area (Å²) in [5.41, 5.74) is 16.8. The molecule has 4 aromatic rings. The van der Waals surface area contributed by atoms with Gasteiger partial charge in [0.05, 0.1) is 0 Å². The van der Waals surface area contributed by atoms with Crippen molar-refractivity contribution < 1.29 is 91.5 Å². The van der Waals surface area contributed by atoms with Crippen LogP contribution in [0, 0.1) is 0 Å². The maximum absolute atomic E-state index is 2.58. The fourth-order valence-corrected chi connectivity index (χ4v) is 45.5.